The van der Waals surface area contributed by atoms with Crippen LogP contribution in [0.25, 0.3) is 0 Å². The van der Waals surface area contributed by atoms with Crippen LogP contribution in [0.4, 0.5) is 0 Å². The van der Waals surface area contributed by atoms with Crippen molar-refractivity contribution in [1.82, 2.24) is 4.90 Å². The smallest absolute Gasteiger partial charge is 0.254 e. The predicted octanol–water partition coefficient (Wildman–Crippen LogP) is 3.13. The summed E-state index contributed by atoms with van der Waals surface area (Å²) in [5.74, 6) is -0.0495. The van der Waals surface area contributed by atoms with Gasteiger partial charge < -0.3 is 4.90 Å². The minimum absolute atomic E-state index is 0.0495. The summed E-state index contributed by atoms with van der Waals surface area (Å²) in [7, 11) is 1.73. The lowest BCUT2D eigenvalue weighted by molar-refractivity contribution is 0.0745. The molecule has 0 heterocycles. The van der Waals surface area contributed by atoms with E-state index in [1.807, 2.05) is 26.0 Å². The Morgan fingerprint density at radius 1 is 1.59 bits per heavy atom. The molecule has 1 atom stereocenters. The van der Waals surface area contributed by atoms with E-state index >= 15 is 0 Å². The number of rotatable bonds is 3. The van der Waals surface area contributed by atoms with E-state index in [2.05, 4.69) is 22.0 Å². The van der Waals surface area contributed by atoms with Crippen molar-refractivity contribution in [2.75, 3.05) is 7.05 Å². The van der Waals surface area contributed by atoms with Crippen LogP contribution in [-0.2, 0) is 0 Å². The van der Waals surface area contributed by atoms with Gasteiger partial charge in [-0.05, 0) is 31.5 Å². The molecule has 3 nitrogen and oxygen atoms in total. The fourth-order valence-corrected chi connectivity index (χ4v) is 1.86. The van der Waals surface area contributed by atoms with Crippen LogP contribution in [0.1, 0.15) is 29.3 Å². The summed E-state index contributed by atoms with van der Waals surface area (Å²) in [6.07, 6.45) is 0.343. The van der Waals surface area contributed by atoms with E-state index in [9.17, 15) is 4.79 Å². The Bertz CT molecular complexity index is 465. The molecule has 1 rings (SSSR count). The molecular weight excluding hydrogens is 280 g/mol. The minimum atomic E-state index is -0.0779. The molecule has 1 aromatic carbocycles. The van der Waals surface area contributed by atoms with E-state index in [1.54, 1.807) is 18.0 Å². The summed E-state index contributed by atoms with van der Waals surface area (Å²) in [5, 5.41) is 8.64. The first-order valence-corrected chi connectivity index (χ1v) is 6.17. The van der Waals surface area contributed by atoms with Crippen LogP contribution >= 0.6 is 15.9 Å². The highest BCUT2D eigenvalue weighted by atomic mass is 79.9. The SMILES string of the molecule is Cc1c(Br)cccc1C(=O)N(C)C(C)CC#N. The Morgan fingerprint density at radius 2 is 2.24 bits per heavy atom. The van der Waals surface area contributed by atoms with Gasteiger partial charge in [0, 0.05) is 23.1 Å². The maximum Gasteiger partial charge on any atom is 0.254 e. The van der Waals surface area contributed by atoms with Crippen LogP contribution in [0.15, 0.2) is 22.7 Å². The molecule has 0 saturated carbocycles. The number of hydrogen-bond donors (Lipinski definition) is 0. The van der Waals surface area contributed by atoms with E-state index in [0.29, 0.717) is 12.0 Å². The first kappa shape index (κ1) is 13.7. The van der Waals surface area contributed by atoms with Gasteiger partial charge in [-0.25, -0.2) is 0 Å². The summed E-state index contributed by atoms with van der Waals surface area (Å²) in [4.78, 5) is 13.8. The zero-order valence-electron chi connectivity index (χ0n) is 10.2. The quantitative estimate of drug-likeness (QED) is 0.860. The summed E-state index contributed by atoms with van der Waals surface area (Å²) in [6, 6.07) is 7.55. The molecule has 0 N–H and O–H groups in total. The molecule has 1 amide bonds. The fourth-order valence-electron chi connectivity index (χ4n) is 1.50. The highest BCUT2D eigenvalue weighted by Crippen LogP contribution is 2.21. The van der Waals surface area contributed by atoms with Gasteiger partial charge in [0.2, 0.25) is 0 Å². The van der Waals surface area contributed by atoms with Crippen molar-refractivity contribution in [3.05, 3.63) is 33.8 Å². The summed E-state index contributed by atoms with van der Waals surface area (Å²) >= 11 is 3.41. The van der Waals surface area contributed by atoms with Crippen molar-refractivity contribution in [3.63, 3.8) is 0 Å². The molecule has 0 aliphatic rings. The van der Waals surface area contributed by atoms with Crippen LogP contribution in [-0.4, -0.2) is 23.9 Å². The van der Waals surface area contributed by atoms with Gasteiger partial charge in [0.05, 0.1) is 12.5 Å². The lowest BCUT2D eigenvalue weighted by Gasteiger charge is -2.23. The second-order valence-electron chi connectivity index (χ2n) is 4.04. The third-order valence-electron chi connectivity index (χ3n) is 2.87. The van der Waals surface area contributed by atoms with Crippen molar-refractivity contribution in [2.24, 2.45) is 0 Å². The molecule has 0 aliphatic heterocycles. The Kier molecular flexibility index (Phi) is 4.71. The summed E-state index contributed by atoms with van der Waals surface area (Å²) in [6.45, 7) is 3.77. The lowest BCUT2D eigenvalue weighted by Crippen LogP contribution is -2.35. The standard InChI is InChI=1S/C13H15BrN2O/c1-9(7-8-15)16(3)13(17)11-5-4-6-12(14)10(11)2/h4-6,9H,7H2,1-3H3. The van der Waals surface area contributed by atoms with Gasteiger partial charge in [-0.3, -0.25) is 4.79 Å². The highest BCUT2D eigenvalue weighted by Gasteiger charge is 2.19. The van der Waals surface area contributed by atoms with E-state index in [1.165, 1.54) is 0 Å². The zero-order valence-corrected chi connectivity index (χ0v) is 11.8. The molecule has 0 spiro atoms. The molecule has 0 aromatic heterocycles. The van der Waals surface area contributed by atoms with Gasteiger partial charge in [-0.2, -0.15) is 5.26 Å². The van der Waals surface area contributed by atoms with E-state index in [0.717, 1.165) is 10.0 Å². The first-order chi connectivity index (χ1) is 7.99. The molecule has 1 aromatic rings. The van der Waals surface area contributed by atoms with Crippen LogP contribution in [0.3, 0.4) is 0 Å². The number of carbonyl (C=O) groups excluding carboxylic acids is 1. The number of carbonyl (C=O) groups is 1. The Morgan fingerprint density at radius 3 is 2.82 bits per heavy atom. The Hall–Kier alpha value is -1.34. The van der Waals surface area contributed by atoms with Gasteiger partial charge in [-0.15, -0.1) is 0 Å². The number of hydrogen-bond acceptors (Lipinski definition) is 2. The molecule has 0 saturated heterocycles. The fraction of sp³-hybridized carbons (Fsp3) is 0.385. The number of amides is 1. The third kappa shape index (κ3) is 3.07. The second-order valence-corrected chi connectivity index (χ2v) is 4.89. The number of nitriles is 1. The predicted molar refractivity (Wildman–Crippen MR) is 70.7 cm³/mol. The van der Waals surface area contributed by atoms with Crippen LogP contribution in [0.5, 0.6) is 0 Å². The molecule has 0 fully saturated rings. The largest absolute Gasteiger partial charge is 0.338 e. The van der Waals surface area contributed by atoms with Crippen molar-refractivity contribution >= 4 is 21.8 Å². The normalized spacial score (nSPS) is 11.7. The number of halogens is 1. The van der Waals surface area contributed by atoms with Crippen LogP contribution in [0, 0.1) is 18.3 Å². The molecule has 4 heteroatoms. The molecule has 90 valence electrons. The van der Waals surface area contributed by atoms with Gasteiger partial charge in [-0.1, -0.05) is 22.0 Å². The van der Waals surface area contributed by atoms with Gasteiger partial charge >= 0.3 is 0 Å². The van der Waals surface area contributed by atoms with Crippen LogP contribution in [0.2, 0.25) is 0 Å². The lowest BCUT2D eigenvalue weighted by atomic mass is 10.1. The van der Waals surface area contributed by atoms with Gasteiger partial charge in [0.1, 0.15) is 0 Å². The van der Waals surface area contributed by atoms with E-state index in [-0.39, 0.29) is 11.9 Å². The molecule has 0 aliphatic carbocycles. The third-order valence-corrected chi connectivity index (χ3v) is 3.73. The molecular formula is C13H15BrN2O. The topological polar surface area (TPSA) is 44.1 Å². The van der Waals surface area contributed by atoms with Gasteiger partial charge in [0.25, 0.3) is 5.91 Å². The molecule has 1 unspecified atom stereocenters. The maximum atomic E-state index is 12.2. The monoisotopic (exact) mass is 294 g/mol. The average Bonchev–Trinajstić information content (AvgIpc) is 2.31. The summed E-state index contributed by atoms with van der Waals surface area (Å²) in [5.41, 5.74) is 1.60. The maximum absolute atomic E-state index is 12.2. The van der Waals surface area contributed by atoms with Gasteiger partial charge in [0.15, 0.2) is 0 Å². The highest BCUT2D eigenvalue weighted by molar-refractivity contribution is 9.10. The molecule has 0 bridgehead atoms. The van der Waals surface area contributed by atoms with Crippen LogP contribution < -0.4 is 0 Å². The Balaban J connectivity index is 2.97. The minimum Gasteiger partial charge on any atom is -0.338 e. The molecule has 17 heavy (non-hydrogen) atoms. The van der Waals surface area contributed by atoms with Crippen molar-refractivity contribution in [1.29, 1.82) is 5.26 Å². The Labute approximate surface area is 110 Å². The summed E-state index contributed by atoms with van der Waals surface area (Å²) < 4.78 is 0.921. The number of benzene rings is 1. The second kappa shape index (κ2) is 5.83. The van der Waals surface area contributed by atoms with E-state index in [4.69, 9.17) is 5.26 Å². The van der Waals surface area contributed by atoms with Crippen molar-refractivity contribution in [3.8, 4) is 6.07 Å². The van der Waals surface area contributed by atoms with E-state index < -0.39 is 0 Å². The molecule has 0 radical (unpaired) electrons. The first-order valence-electron chi connectivity index (χ1n) is 5.38. The number of nitrogens with zero attached hydrogens (tertiary/aromatic N) is 2. The van der Waals surface area contributed by atoms with Crippen molar-refractivity contribution < 1.29 is 4.79 Å². The van der Waals surface area contributed by atoms with Crippen molar-refractivity contribution in [2.45, 2.75) is 26.3 Å². The average molecular weight is 295 g/mol. The zero-order chi connectivity index (χ0) is 13.0.